The van der Waals surface area contributed by atoms with E-state index in [1.54, 1.807) is 18.2 Å². The minimum atomic E-state index is -0.236. The third-order valence-electron chi connectivity index (χ3n) is 2.60. The first-order chi connectivity index (χ1) is 9.06. The standard InChI is InChI=1S/C14H12BrClN2O/c15-10-3-1-9(2-4-10)8-18-14(19)12-7-11(17)5-6-13(12)16/h1-7H,8,17H2,(H,18,19). The van der Waals surface area contributed by atoms with Crippen LogP contribution in [0.15, 0.2) is 46.9 Å². The maximum absolute atomic E-state index is 12.0. The molecule has 0 bridgehead atoms. The lowest BCUT2D eigenvalue weighted by Crippen LogP contribution is -2.23. The molecule has 0 aromatic heterocycles. The molecule has 5 heteroatoms. The van der Waals surface area contributed by atoms with E-state index in [2.05, 4.69) is 21.2 Å². The van der Waals surface area contributed by atoms with Gasteiger partial charge in [0, 0.05) is 16.7 Å². The Morgan fingerprint density at radius 3 is 2.58 bits per heavy atom. The molecule has 0 saturated heterocycles. The monoisotopic (exact) mass is 338 g/mol. The van der Waals surface area contributed by atoms with E-state index >= 15 is 0 Å². The predicted molar refractivity (Wildman–Crippen MR) is 81.2 cm³/mol. The Morgan fingerprint density at radius 1 is 1.21 bits per heavy atom. The van der Waals surface area contributed by atoms with Crippen molar-refractivity contribution in [1.82, 2.24) is 5.32 Å². The summed E-state index contributed by atoms with van der Waals surface area (Å²) in [5.74, 6) is -0.236. The lowest BCUT2D eigenvalue weighted by atomic mass is 10.1. The molecule has 2 aromatic carbocycles. The van der Waals surface area contributed by atoms with Crippen LogP contribution < -0.4 is 11.1 Å². The molecule has 2 aromatic rings. The van der Waals surface area contributed by atoms with Gasteiger partial charge in [0.25, 0.3) is 5.91 Å². The molecule has 0 heterocycles. The Labute approximate surface area is 124 Å². The van der Waals surface area contributed by atoms with Crippen molar-refractivity contribution in [1.29, 1.82) is 0 Å². The number of halogens is 2. The van der Waals surface area contributed by atoms with Crippen molar-refractivity contribution in [2.45, 2.75) is 6.54 Å². The van der Waals surface area contributed by atoms with Gasteiger partial charge < -0.3 is 11.1 Å². The molecule has 0 aliphatic carbocycles. The van der Waals surface area contributed by atoms with Gasteiger partial charge in [-0.25, -0.2) is 0 Å². The maximum atomic E-state index is 12.0. The van der Waals surface area contributed by atoms with E-state index in [9.17, 15) is 4.79 Å². The lowest BCUT2D eigenvalue weighted by molar-refractivity contribution is 0.0951. The average Bonchev–Trinajstić information content (AvgIpc) is 2.40. The Balaban J connectivity index is 2.05. The normalized spacial score (nSPS) is 10.2. The van der Waals surface area contributed by atoms with Crippen molar-refractivity contribution in [3.8, 4) is 0 Å². The zero-order chi connectivity index (χ0) is 13.8. The first-order valence-electron chi connectivity index (χ1n) is 5.64. The number of hydrogen-bond acceptors (Lipinski definition) is 2. The summed E-state index contributed by atoms with van der Waals surface area (Å²) >= 11 is 9.33. The van der Waals surface area contributed by atoms with Crippen LogP contribution in [0, 0.1) is 0 Å². The molecule has 0 radical (unpaired) electrons. The summed E-state index contributed by atoms with van der Waals surface area (Å²) in [7, 11) is 0. The number of nitrogens with one attached hydrogen (secondary N) is 1. The van der Waals surface area contributed by atoms with Gasteiger partial charge in [-0.2, -0.15) is 0 Å². The summed E-state index contributed by atoms with van der Waals surface area (Å²) in [6.07, 6.45) is 0. The molecule has 3 nitrogen and oxygen atoms in total. The summed E-state index contributed by atoms with van der Waals surface area (Å²) in [6, 6.07) is 12.6. The molecule has 98 valence electrons. The minimum absolute atomic E-state index is 0.236. The largest absolute Gasteiger partial charge is 0.399 e. The smallest absolute Gasteiger partial charge is 0.253 e. The Hall–Kier alpha value is -1.52. The molecule has 0 unspecified atom stereocenters. The van der Waals surface area contributed by atoms with Crippen LogP contribution in [0.4, 0.5) is 5.69 Å². The highest BCUT2D eigenvalue weighted by Gasteiger charge is 2.10. The SMILES string of the molecule is Nc1ccc(Cl)c(C(=O)NCc2ccc(Br)cc2)c1. The van der Waals surface area contributed by atoms with Gasteiger partial charge in [-0.15, -0.1) is 0 Å². The summed E-state index contributed by atoms with van der Waals surface area (Å²) in [5.41, 5.74) is 7.56. The van der Waals surface area contributed by atoms with Crippen LogP contribution in [0.2, 0.25) is 5.02 Å². The van der Waals surface area contributed by atoms with E-state index < -0.39 is 0 Å². The quantitative estimate of drug-likeness (QED) is 0.839. The van der Waals surface area contributed by atoms with Crippen LogP contribution in [-0.4, -0.2) is 5.91 Å². The molecule has 0 fully saturated rings. The van der Waals surface area contributed by atoms with Gasteiger partial charge in [0.15, 0.2) is 0 Å². The van der Waals surface area contributed by atoms with Crippen molar-refractivity contribution >= 4 is 39.1 Å². The van der Waals surface area contributed by atoms with E-state index in [0.717, 1.165) is 10.0 Å². The molecule has 0 atom stereocenters. The van der Waals surface area contributed by atoms with Crippen molar-refractivity contribution < 1.29 is 4.79 Å². The third kappa shape index (κ3) is 3.72. The van der Waals surface area contributed by atoms with Crippen LogP contribution in [0.1, 0.15) is 15.9 Å². The van der Waals surface area contributed by atoms with Gasteiger partial charge in [0.05, 0.1) is 10.6 Å². The first-order valence-corrected chi connectivity index (χ1v) is 6.81. The number of amides is 1. The van der Waals surface area contributed by atoms with Gasteiger partial charge >= 0.3 is 0 Å². The number of hydrogen-bond donors (Lipinski definition) is 2. The van der Waals surface area contributed by atoms with E-state index in [-0.39, 0.29) is 5.91 Å². The fraction of sp³-hybridized carbons (Fsp3) is 0.0714. The Bertz CT molecular complexity index is 599. The molecule has 2 rings (SSSR count). The molecule has 0 spiro atoms. The van der Waals surface area contributed by atoms with Crippen LogP contribution in [0.25, 0.3) is 0 Å². The highest BCUT2D eigenvalue weighted by atomic mass is 79.9. The second kappa shape index (κ2) is 6.08. The predicted octanol–water partition coefficient (Wildman–Crippen LogP) is 3.61. The van der Waals surface area contributed by atoms with Gasteiger partial charge in [-0.3, -0.25) is 4.79 Å². The topological polar surface area (TPSA) is 55.1 Å². The number of benzene rings is 2. The van der Waals surface area contributed by atoms with E-state index in [4.69, 9.17) is 17.3 Å². The van der Waals surface area contributed by atoms with Crippen molar-refractivity contribution in [2.24, 2.45) is 0 Å². The molecule has 0 saturated carbocycles. The second-order valence-corrected chi connectivity index (χ2v) is 5.37. The molecular formula is C14H12BrClN2O. The van der Waals surface area contributed by atoms with E-state index in [1.165, 1.54) is 0 Å². The number of nitrogen functional groups attached to an aromatic ring is 1. The molecule has 19 heavy (non-hydrogen) atoms. The highest BCUT2D eigenvalue weighted by molar-refractivity contribution is 9.10. The summed E-state index contributed by atoms with van der Waals surface area (Å²) in [4.78, 5) is 12.0. The third-order valence-corrected chi connectivity index (χ3v) is 3.46. The zero-order valence-corrected chi connectivity index (χ0v) is 12.3. The number of nitrogens with two attached hydrogens (primary N) is 1. The van der Waals surface area contributed by atoms with Crippen molar-refractivity contribution in [2.75, 3.05) is 5.73 Å². The Kier molecular flexibility index (Phi) is 4.45. The van der Waals surface area contributed by atoms with Gasteiger partial charge in [0.2, 0.25) is 0 Å². The zero-order valence-electron chi connectivity index (χ0n) is 9.99. The van der Waals surface area contributed by atoms with Crippen molar-refractivity contribution in [3.05, 3.63) is 63.1 Å². The molecule has 0 aliphatic heterocycles. The summed E-state index contributed by atoms with van der Waals surface area (Å²) in [5, 5.41) is 3.20. The fourth-order valence-corrected chi connectivity index (χ4v) is 2.06. The molecule has 3 N–H and O–H groups in total. The van der Waals surface area contributed by atoms with E-state index in [0.29, 0.717) is 22.8 Å². The summed E-state index contributed by atoms with van der Waals surface area (Å²) in [6.45, 7) is 0.442. The second-order valence-electron chi connectivity index (χ2n) is 4.05. The highest BCUT2D eigenvalue weighted by Crippen LogP contribution is 2.19. The molecular weight excluding hydrogens is 328 g/mol. The van der Waals surface area contributed by atoms with Gasteiger partial charge in [-0.05, 0) is 35.9 Å². The molecule has 0 aliphatic rings. The first kappa shape index (κ1) is 13.9. The minimum Gasteiger partial charge on any atom is -0.399 e. The number of carbonyl (C=O) groups excluding carboxylic acids is 1. The van der Waals surface area contributed by atoms with Crippen LogP contribution in [0.5, 0.6) is 0 Å². The number of anilines is 1. The average molecular weight is 340 g/mol. The molecule has 1 amide bonds. The number of carbonyl (C=O) groups is 1. The van der Waals surface area contributed by atoms with Gasteiger partial charge in [-0.1, -0.05) is 39.7 Å². The van der Waals surface area contributed by atoms with Gasteiger partial charge in [0.1, 0.15) is 0 Å². The van der Waals surface area contributed by atoms with Crippen LogP contribution >= 0.6 is 27.5 Å². The Morgan fingerprint density at radius 2 is 1.89 bits per heavy atom. The van der Waals surface area contributed by atoms with Crippen LogP contribution in [0.3, 0.4) is 0 Å². The summed E-state index contributed by atoms with van der Waals surface area (Å²) < 4.78 is 1.00. The fourth-order valence-electron chi connectivity index (χ4n) is 1.60. The maximum Gasteiger partial charge on any atom is 0.253 e. The van der Waals surface area contributed by atoms with Crippen LogP contribution in [-0.2, 0) is 6.54 Å². The lowest BCUT2D eigenvalue weighted by Gasteiger charge is -2.07. The van der Waals surface area contributed by atoms with Crippen molar-refractivity contribution in [3.63, 3.8) is 0 Å². The number of rotatable bonds is 3. The van der Waals surface area contributed by atoms with E-state index in [1.807, 2.05) is 24.3 Å².